The number of benzene rings is 1. The van der Waals surface area contributed by atoms with E-state index in [0.717, 1.165) is 12.1 Å². The molecule has 7 heteroatoms. The molecule has 0 aliphatic rings. The summed E-state index contributed by atoms with van der Waals surface area (Å²) in [5.74, 6) is -2.56. The van der Waals surface area contributed by atoms with E-state index in [1.807, 2.05) is 0 Å². The van der Waals surface area contributed by atoms with Crippen molar-refractivity contribution in [3.8, 4) is 11.5 Å². The number of rotatable bonds is 8. The van der Waals surface area contributed by atoms with Crippen LogP contribution in [0.5, 0.6) is 11.5 Å². The first-order valence-electron chi connectivity index (χ1n) is 6.50. The van der Waals surface area contributed by atoms with Gasteiger partial charge in [-0.3, -0.25) is 4.79 Å². The first kappa shape index (κ1) is 17.5. The number of aliphatic carboxylic acids is 1. The Hall–Kier alpha value is -2.57. The Bertz CT molecular complexity index is 573. The number of ether oxygens (including phenoxy) is 2. The lowest BCUT2D eigenvalue weighted by atomic mass is 10.1. The number of hydrogen-bond acceptors (Lipinski definition) is 4. The van der Waals surface area contributed by atoms with Crippen LogP contribution in [0.15, 0.2) is 24.8 Å². The second kappa shape index (κ2) is 8.02. The Morgan fingerprint density at radius 2 is 1.95 bits per heavy atom. The normalized spacial score (nSPS) is 11.4. The number of carbonyl (C=O) groups is 2. The molecule has 0 spiro atoms. The molecule has 0 aromatic heterocycles. The van der Waals surface area contributed by atoms with Crippen LogP contribution >= 0.6 is 0 Å². The number of allylic oxidation sites excluding steroid dienone is 1. The first-order chi connectivity index (χ1) is 10.4. The molecule has 1 unspecified atom stereocenters. The molecule has 0 aliphatic heterocycles. The van der Waals surface area contributed by atoms with Crippen molar-refractivity contribution in [2.24, 2.45) is 0 Å². The van der Waals surface area contributed by atoms with E-state index in [2.05, 4.69) is 11.9 Å². The minimum Gasteiger partial charge on any atom is -0.493 e. The average Bonchev–Trinajstić information content (AvgIpc) is 2.50. The molecule has 0 saturated heterocycles. The Kier molecular flexibility index (Phi) is 6.37. The molecule has 0 heterocycles. The van der Waals surface area contributed by atoms with Gasteiger partial charge in [-0.1, -0.05) is 6.08 Å². The van der Waals surface area contributed by atoms with Crippen molar-refractivity contribution in [1.82, 2.24) is 5.32 Å². The summed E-state index contributed by atoms with van der Waals surface area (Å²) in [5.41, 5.74) is -0.317. The van der Waals surface area contributed by atoms with E-state index in [1.165, 1.54) is 14.2 Å². The van der Waals surface area contributed by atoms with Crippen molar-refractivity contribution in [1.29, 1.82) is 0 Å². The molecule has 0 radical (unpaired) electrons. The van der Waals surface area contributed by atoms with Gasteiger partial charge in [0.05, 0.1) is 19.8 Å². The SMILES string of the molecule is C=CCCC(NC(=O)c1cc(OC)c(OC)cc1F)C(=O)O. The summed E-state index contributed by atoms with van der Waals surface area (Å²) >= 11 is 0. The van der Waals surface area contributed by atoms with E-state index in [0.29, 0.717) is 6.42 Å². The van der Waals surface area contributed by atoms with E-state index in [4.69, 9.17) is 14.6 Å². The van der Waals surface area contributed by atoms with Gasteiger partial charge in [0.15, 0.2) is 11.5 Å². The maximum Gasteiger partial charge on any atom is 0.326 e. The lowest BCUT2D eigenvalue weighted by Gasteiger charge is -2.15. The van der Waals surface area contributed by atoms with E-state index in [1.54, 1.807) is 6.08 Å². The van der Waals surface area contributed by atoms with E-state index in [9.17, 15) is 14.0 Å². The van der Waals surface area contributed by atoms with Gasteiger partial charge in [0.2, 0.25) is 0 Å². The largest absolute Gasteiger partial charge is 0.493 e. The predicted molar refractivity (Wildman–Crippen MR) is 77.8 cm³/mol. The summed E-state index contributed by atoms with van der Waals surface area (Å²) in [6.45, 7) is 3.49. The van der Waals surface area contributed by atoms with Crippen LogP contribution in [-0.4, -0.2) is 37.2 Å². The summed E-state index contributed by atoms with van der Waals surface area (Å²) in [6.07, 6.45) is 2.12. The van der Waals surface area contributed by atoms with Crippen molar-refractivity contribution >= 4 is 11.9 Å². The number of hydrogen-bond donors (Lipinski definition) is 2. The van der Waals surface area contributed by atoms with Gasteiger partial charge in [-0.25, -0.2) is 9.18 Å². The summed E-state index contributed by atoms with van der Waals surface area (Å²) in [6, 6.07) is 1.04. The van der Waals surface area contributed by atoms with Gasteiger partial charge in [0, 0.05) is 6.07 Å². The average molecular weight is 311 g/mol. The van der Waals surface area contributed by atoms with Crippen molar-refractivity contribution in [2.75, 3.05) is 14.2 Å². The highest BCUT2D eigenvalue weighted by Gasteiger charge is 2.23. The van der Waals surface area contributed by atoms with Crippen LogP contribution in [0.25, 0.3) is 0 Å². The Morgan fingerprint density at radius 1 is 1.36 bits per heavy atom. The van der Waals surface area contributed by atoms with Crippen LogP contribution < -0.4 is 14.8 Å². The second-order valence-electron chi connectivity index (χ2n) is 4.42. The molecule has 22 heavy (non-hydrogen) atoms. The maximum atomic E-state index is 13.9. The molecule has 1 amide bonds. The second-order valence-corrected chi connectivity index (χ2v) is 4.42. The lowest BCUT2D eigenvalue weighted by Crippen LogP contribution is -2.41. The Balaban J connectivity index is 3.01. The van der Waals surface area contributed by atoms with Crippen molar-refractivity contribution in [3.05, 3.63) is 36.2 Å². The topological polar surface area (TPSA) is 84.9 Å². The van der Waals surface area contributed by atoms with Crippen LogP contribution in [0.4, 0.5) is 4.39 Å². The quantitative estimate of drug-likeness (QED) is 0.717. The fraction of sp³-hybridized carbons (Fsp3) is 0.333. The van der Waals surface area contributed by atoms with E-state index >= 15 is 0 Å². The molecule has 0 bridgehead atoms. The van der Waals surface area contributed by atoms with Crippen molar-refractivity contribution in [2.45, 2.75) is 18.9 Å². The van der Waals surface area contributed by atoms with Crippen LogP contribution in [0.1, 0.15) is 23.2 Å². The van der Waals surface area contributed by atoms with Gasteiger partial charge in [0.1, 0.15) is 11.9 Å². The molecule has 2 N–H and O–H groups in total. The molecule has 120 valence electrons. The number of amides is 1. The fourth-order valence-electron chi connectivity index (χ4n) is 1.81. The van der Waals surface area contributed by atoms with Gasteiger partial charge in [-0.2, -0.15) is 0 Å². The molecule has 1 atom stereocenters. The third kappa shape index (κ3) is 4.21. The lowest BCUT2D eigenvalue weighted by molar-refractivity contribution is -0.139. The molecule has 1 rings (SSSR count). The van der Waals surface area contributed by atoms with E-state index in [-0.39, 0.29) is 23.5 Å². The maximum absolute atomic E-state index is 13.9. The van der Waals surface area contributed by atoms with Gasteiger partial charge in [-0.05, 0) is 18.9 Å². The predicted octanol–water partition coefficient (Wildman–Crippen LogP) is 1.99. The highest BCUT2D eigenvalue weighted by atomic mass is 19.1. The van der Waals surface area contributed by atoms with Gasteiger partial charge < -0.3 is 19.9 Å². The first-order valence-corrected chi connectivity index (χ1v) is 6.50. The third-order valence-corrected chi connectivity index (χ3v) is 2.98. The Labute approximate surface area is 127 Å². The molecule has 0 aliphatic carbocycles. The van der Waals surface area contributed by atoms with Gasteiger partial charge in [0.25, 0.3) is 5.91 Å². The molecule has 0 fully saturated rings. The van der Waals surface area contributed by atoms with Crippen molar-refractivity contribution in [3.63, 3.8) is 0 Å². The molecule has 1 aromatic carbocycles. The van der Waals surface area contributed by atoms with Crippen LogP contribution in [0.3, 0.4) is 0 Å². The zero-order chi connectivity index (χ0) is 16.7. The number of carbonyl (C=O) groups excluding carboxylic acids is 1. The molecular weight excluding hydrogens is 293 g/mol. The molecule has 0 saturated carbocycles. The summed E-state index contributed by atoms with van der Waals surface area (Å²) in [7, 11) is 2.69. The van der Waals surface area contributed by atoms with Crippen molar-refractivity contribution < 1.29 is 28.6 Å². The zero-order valence-electron chi connectivity index (χ0n) is 12.4. The van der Waals surface area contributed by atoms with Crippen LogP contribution in [-0.2, 0) is 4.79 Å². The van der Waals surface area contributed by atoms with Gasteiger partial charge >= 0.3 is 5.97 Å². The summed E-state index contributed by atoms with van der Waals surface area (Å²) in [5, 5.41) is 11.3. The van der Waals surface area contributed by atoms with E-state index < -0.39 is 23.7 Å². The highest BCUT2D eigenvalue weighted by molar-refractivity contribution is 5.97. The number of carboxylic acid groups (broad SMARTS) is 1. The standard InChI is InChI=1S/C15H18FNO5/c1-4-5-6-11(15(19)20)17-14(18)9-7-12(21-2)13(22-3)8-10(9)16/h4,7-8,11H,1,5-6H2,2-3H3,(H,17,18)(H,19,20). The monoisotopic (exact) mass is 311 g/mol. The minimum atomic E-state index is -1.20. The summed E-state index contributed by atoms with van der Waals surface area (Å²) < 4.78 is 23.9. The highest BCUT2D eigenvalue weighted by Crippen LogP contribution is 2.29. The fourth-order valence-corrected chi connectivity index (χ4v) is 1.81. The number of methoxy groups -OCH3 is 2. The molecule has 6 nitrogen and oxygen atoms in total. The molecular formula is C15H18FNO5. The van der Waals surface area contributed by atoms with Crippen LogP contribution in [0.2, 0.25) is 0 Å². The molecule has 1 aromatic rings. The smallest absolute Gasteiger partial charge is 0.326 e. The minimum absolute atomic E-state index is 0.137. The zero-order valence-corrected chi connectivity index (χ0v) is 12.4. The third-order valence-electron chi connectivity index (χ3n) is 2.98. The Morgan fingerprint density at radius 3 is 2.45 bits per heavy atom. The van der Waals surface area contributed by atoms with Crippen LogP contribution in [0, 0.1) is 5.82 Å². The number of carboxylic acids is 1. The summed E-state index contributed by atoms with van der Waals surface area (Å²) in [4.78, 5) is 23.2. The number of nitrogens with one attached hydrogen (secondary N) is 1. The van der Waals surface area contributed by atoms with Gasteiger partial charge in [-0.15, -0.1) is 6.58 Å². The number of halogens is 1.